The van der Waals surface area contributed by atoms with Gasteiger partial charge in [0.25, 0.3) is 17.4 Å². The van der Waals surface area contributed by atoms with Crippen LogP contribution in [0.1, 0.15) is 26.3 Å². The van der Waals surface area contributed by atoms with Gasteiger partial charge in [0.05, 0.1) is 17.3 Å². The number of H-pyrrole nitrogens is 1. The first-order valence-corrected chi connectivity index (χ1v) is 13.1. The predicted octanol–water partition coefficient (Wildman–Crippen LogP) is 2.70. The number of amides is 2. The predicted molar refractivity (Wildman–Crippen MR) is 136 cm³/mol. The van der Waals surface area contributed by atoms with Crippen molar-refractivity contribution in [2.24, 2.45) is 0 Å². The van der Waals surface area contributed by atoms with Crippen LogP contribution in [0.25, 0.3) is 11.0 Å². The van der Waals surface area contributed by atoms with Gasteiger partial charge in [0.15, 0.2) is 0 Å². The maximum atomic E-state index is 12.9. The molecule has 0 atom stereocenters. The highest BCUT2D eigenvalue weighted by molar-refractivity contribution is 7.90. The lowest BCUT2D eigenvalue weighted by molar-refractivity contribution is -0.0571. The average molecular weight is 542 g/mol. The van der Waals surface area contributed by atoms with Gasteiger partial charge in [-0.1, -0.05) is 41.9 Å². The number of aromatic amines is 1. The molecule has 0 aliphatic carbocycles. The Hall–Kier alpha value is -4.13. The number of carbonyl (C=O) groups excluding carboxylic acids is 2. The number of hydroxylamine groups is 2. The molecule has 0 fully saturated rings. The summed E-state index contributed by atoms with van der Waals surface area (Å²) in [5.41, 5.74) is -0.156. The van der Waals surface area contributed by atoms with Crippen molar-refractivity contribution in [3.8, 4) is 0 Å². The van der Waals surface area contributed by atoms with Crippen LogP contribution in [0.15, 0.2) is 70.7 Å². The van der Waals surface area contributed by atoms with Gasteiger partial charge in [0.1, 0.15) is 11.2 Å². The highest BCUT2D eigenvalue weighted by atomic mass is 35.5. The maximum absolute atomic E-state index is 12.9. The maximum Gasteiger partial charge on any atom is 0.277 e. The Bertz CT molecular complexity index is 1670. The summed E-state index contributed by atoms with van der Waals surface area (Å²) < 4.78 is 23.3. The molecular weight excluding hydrogens is 522 g/mol. The molecule has 11 nitrogen and oxygen atoms in total. The van der Waals surface area contributed by atoms with Crippen molar-refractivity contribution < 1.29 is 23.2 Å². The van der Waals surface area contributed by atoms with Crippen molar-refractivity contribution in [2.75, 3.05) is 18.1 Å². The molecule has 0 saturated carbocycles. The summed E-state index contributed by atoms with van der Waals surface area (Å²) in [6, 6.07) is 14.6. The van der Waals surface area contributed by atoms with E-state index >= 15 is 0 Å². The zero-order valence-electron chi connectivity index (χ0n) is 19.3. The fraction of sp³-hybridized carbons (Fsp3) is 0.125. The molecule has 0 saturated heterocycles. The molecule has 37 heavy (non-hydrogen) atoms. The molecule has 0 spiro atoms. The van der Waals surface area contributed by atoms with Crippen LogP contribution in [0.3, 0.4) is 0 Å². The number of hydrogen-bond donors (Lipinski definition) is 3. The third kappa shape index (κ3) is 6.00. The van der Waals surface area contributed by atoms with Crippen LogP contribution in [0.2, 0.25) is 5.02 Å². The van der Waals surface area contributed by atoms with Gasteiger partial charge in [-0.05, 0) is 36.2 Å². The van der Waals surface area contributed by atoms with Gasteiger partial charge < -0.3 is 10.3 Å². The Morgan fingerprint density at radius 2 is 1.86 bits per heavy atom. The molecular formula is C24H20ClN5O6S. The third-order valence-electron chi connectivity index (χ3n) is 5.30. The molecule has 3 N–H and O–H groups in total. The number of sulfone groups is 1. The molecule has 4 rings (SSSR count). The number of carbonyl (C=O) groups is 2. The zero-order valence-corrected chi connectivity index (χ0v) is 20.9. The van der Waals surface area contributed by atoms with Crippen LogP contribution in [0.4, 0.5) is 5.69 Å². The van der Waals surface area contributed by atoms with Gasteiger partial charge in [-0.2, -0.15) is 0 Å². The minimum atomic E-state index is -3.70. The number of anilines is 1. The molecule has 0 aliphatic rings. The third-order valence-corrected chi connectivity index (χ3v) is 6.49. The minimum absolute atomic E-state index is 0.0390. The lowest BCUT2D eigenvalue weighted by Crippen LogP contribution is -2.29. The number of rotatable bonds is 7. The molecule has 2 aromatic carbocycles. The van der Waals surface area contributed by atoms with Crippen molar-refractivity contribution in [3.63, 3.8) is 0 Å². The summed E-state index contributed by atoms with van der Waals surface area (Å²) >= 11 is 6.18. The first-order valence-electron chi connectivity index (χ1n) is 10.8. The molecule has 0 unspecified atom stereocenters. The van der Waals surface area contributed by atoms with Crippen LogP contribution in [-0.2, 0) is 16.3 Å². The van der Waals surface area contributed by atoms with E-state index in [-0.39, 0.29) is 39.4 Å². The van der Waals surface area contributed by atoms with Gasteiger partial charge in [0.2, 0.25) is 15.0 Å². The molecule has 0 bridgehead atoms. The summed E-state index contributed by atoms with van der Waals surface area (Å²) in [6.45, 7) is 0.0444. The van der Waals surface area contributed by atoms with Crippen molar-refractivity contribution >= 4 is 50.0 Å². The van der Waals surface area contributed by atoms with Gasteiger partial charge in [-0.25, -0.2) is 23.4 Å². The molecule has 0 radical (unpaired) electrons. The first-order chi connectivity index (χ1) is 17.5. The molecule has 0 aliphatic heterocycles. The highest BCUT2D eigenvalue weighted by Gasteiger charge is 2.19. The number of halogens is 1. The summed E-state index contributed by atoms with van der Waals surface area (Å²) in [6.07, 6.45) is 2.53. The Kier molecular flexibility index (Phi) is 7.34. The van der Waals surface area contributed by atoms with Crippen LogP contribution in [0.5, 0.6) is 0 Å². The van der Waals surface area contributed by atoms with Gasteiger partial charge in [0, 0.05) is 23.4 Å². The Balaban J connectivity index is 1.53. The molecule has 2 heterocycles. The van der Waals surface area contributed by atoms with E-state index in [0.717, 1.165) is 11.8 Å². The fourth-order valence-corrected chi connectivity index (χ4v) is 4.06. The normalized spacial score (nSPS) is 11.3. The van der Waals surface area contributed by atoms with Crippen molar-refractivity contribution in [1.29, 1.82) is 0 Å². The standard InChI is InChI=1S/C24H20ClN5O6S/c1-37(35,36)24-26-13-16-11-17(22(32)28-20(16)29-24)21(31)27-19-12-15(7-8-18(19)25)23(33)30(34)10-9-14-5-3-2-4-6-14/h2-8,11-13,34H,9-10H2,1H3,(H,27,31)(H,26,28,29,32). The highest BCUT2D eigenvalue weighted by Crippen LogP contribution is 2.24. The number of fused-ring (bicyclic) bond motifs is 1. The van der Waals surface area contributed by atoms with Crippen molar-refractivity contribution in [3.05, 3.63) is 92.9 Å². The summed E-state index contributed by atoms with van der Waals surface area (Å²) in [5.74, 6) is -1.54. The van der Waals surface area contributed by atoms with E-state index in [1.807, 2.05) is 30.3 Å². The lowest BCUT2D eigenvalue weighted by Gasteiger charge is -2.16. The number of nitrogens with one attached hydrogen (secondary N) is 2. The van der Waals surface area contributed by atoms with Crippen LogP contribution in [0, 0.1) is 0 Å². The Labute approximate surface area is 215 Å². The monoisotopic (exact) mass is 541 g/mol. The quantitative estimate of drug-likeness (QED) is 0.183. The molecule has 4 aromatic rings. The number of hydrogen-bond acceptors (Lipinski definition) is 8. The second-order valence-corrected chi connectivity index (χ2v) is 10.4. The topological polar surface area (TPSA) is 162 Å². The second-order valence-electron chi connectivity index (χ2n) is 8.05. The number of benzene rings is 2. The van der Waals surface area contributed by atoms with Crippen LogP contribution >= 0.6 is 11.6 Å². The molecule has 2 amide bonds. The van der Waals surface area contributed by atoms with Crippen LogP contribution < -0.4 is 10.9 Å². The molecule has 13 heteroatoms. The summed E-state index contributed by atoms with van der Waals surface area (Å²) in [4.78, 5) is 48.0. The van der Waals surface area contributed by atoms with E-state index < -0.39 is 32.4 Å². The largest absolute Gasteiger partial charge is 0.320 e. The van der Waals surface area contributed by atoms with E-state index in [9.17, 15) is 28.0 Å². The summed E-state index contributed by atoms with van der Waals surface area (Å²) in [7, 11) is -3.70. The molecule has 2 aromatic heterocycles. The Morgan fingerprint density at radius 1 is 1.14 bits per heavy atom. The lowest BCUT2D eigenvalue weighted by atomic mass is 10.1. The van der Waals surface area contributed by atoms with Gasteiger partial charge in [-0.15, -0.1) is 0 Å². The van der Waals surface area contributed by atoms with E-state index in [1.54, 1.807) is 0 Å². The van der Waals surface area contributed by atoms with E-state index in [4.69, 9.17) is 11.6 Å². The van der Waals surface area contributed by atoms with E-state index in [0.29, 0.717) is 11.5 Å². The average Bonchev–Trinajstić information content (AvgIpc) is 2.87. The molecule has 190 valence electrons. The minimum Gasteiger partial charge on any atom is -0.320 e. The second kappa shape index (κ2) is 10.5. The van der Waals surface area contributed by atoms with Crippen molar-refractivity contribution in [1.82, 2.24) is 20.0 Å². The van der Waals surface area contributed by atoms with Crippen molar-refractivity contribution in [2.45, 2.75) is 11.6 Å². The summed E-state index contributed by atoms with van der Waals surface area (Å²) in [5, 5.41) is 13.1. The van der Waals surface area contributed by atoms with E-state index in [1.165, 1.54) is 30.5 Å². The fourth-order valence-electron chi connectivity index (χ4n) is 3.40. The van der Waals surface area contributed by atoms with E-state index in [2.05, 4.69) is 20.3 Å². The van der Waals surface area contributed by atoms with Gasteiger partial charge >= 0.3 is 0 Å². The Morgan fingerprint density at radius 3 is 2.57 bits per heavy atom. The zero-order chi connectivity index (χ0) is 26.7. The SMILES string of the molecule is CS(=O)(=O)c1ncc2cc(C(=O)Nc3cc(C(=O)N(O)CCc4ccccc4)ccc3Cl)c(=O)[nH]c2n1. The van der Waals surface area contributed by atoms with Gasteiger partial charge in [-0.3, -0.25) is 19.6 Å². The number of pyridine rings is 1. The smallest absolute Gasteiger partial charge is 0.277 e. The first kappa shape index (κ1) is 25.9. The number of aromatic nitrogens is 3. The van der Waals surface area contributed by atoms with Crippen LogP contribution in [-0.4, -0.2) is 58.3 Å². The number of nitrogens with zero attached hydrogens (tertiary/aromatic N) is 3.